The number of aryl methyl sites for hydroxylation is 2. The molecule has 25 heavy (non-hydrogen) atoms. The number of aromatic nitrogens is 1. The van der Waals surface area contributed by atoms with Gasteiger partial charge in [-0.1, -0.05) is 31.8 Å². The van der Waals surface area contributed by atoms with Crippen LogP contribution in [0.4, 0.5) is 0 Å². The van der Waals surface area contributed by atoms with E-state index in [1.54, 1.807) is 0 Å². The lowest BCUT2D eigenvalue weighted by molar-refractivity contribution is -0.141. The van der Waals surface area contributed by atoms with Crippen molar-refractivity contribution in [1.29, 1.82) is 0 Å². The van der Waals surface area contributed by atoms with Gasteiger partial charge in [0.25, 0.3) is 0 Å². The summed E-state index contributed by atoms with van der Waals surface area (Å²) in [6, 6.07) is 0. The standard InChI is InChI=1S/C19H29N3O3/c1-3-16-15(17(4-2)25-20-16)13-18(23)21-9-11-22(12-10-21)19(24)14-7-5-6-8-14/h14H,3-13H2,1-2H3. The van der Waals surface area contributed by atoms with E-state index < -0.39 is 0 Å². The highest BCUT2D eigenvalue weighted by atomic mass is 16.5. The van der Waals surface area contributed by atoms with E-state index in [9.17, 15) is 9.59 Å². The Morgan fingerprint density at radius 1 is 1.04 bits per heavy atom. The van der Waals surface area contributed by atoms with Crippen LogP contribution in [-0.4, -0.2) is 52.9 Å². The average molecular weight is 347 g/mol. The highest BCUT2D eigenvalue weighted by Gasteiger charge is 2.31. The molecule has 2 heterocycles. The SMILES string of the molecule is CCc1noc(CC)c1CC(=O)N1CCN(C(=O)C2CCCC2)CC1. The maximum atomic E-state index is 12.7. The summed E-state index contributed by atoms with van der Waals surface area (Å²) in [6.07, 6.45) is 6.29. The Hall–Kier alpha value is -1.85. The molecule has 1 saturated heterocycles. The van der Waals surface area contributed by atoms with Gasteiger partial charge < -0.3 is 14.3 Å². The second-order valence-corrected chi connectivity index (χ2v) is 7.10. The van der Waals surface area contributed by atoms with E-state index in [1.165, 1.54) is 12.8 Å². The summed E-state index contributed by atoms with van der Waals surface area (Å²) in [7, 11) is 0. The monoisotopic (exact) mass is 347 g/mol. The van der Waals surface area contributed by atoms with Crippen LogP contribution >= 0.6 is 0 Å². The van der Waals surface area contributed by atoms with Crippen LogP contribution in [0.5, 0.6) is 0 Å². The number of hydrogen-bond acceptors (Lipinski definition) is 4. The lowest BCUT2D eigenvalue weighted by Crippen LogP contribution is -2.52. The molecule has 0 unspecified atom stereocenters. The van der Waals surface area contributed by atoms with Crippen molar-refractivity contribution in [2.24, 2.45) is 5.92 Å². The molecule has 1 aromatic heterocycles. The molecular weight excluding hydrogens is 318 g/mol. The smallest absolute Gasteiger partial charge is 0.227 e. The van der Waals surface area contributed by atoms with Gasteiger partial charge in [0.2, 0.25) is 11.8 Å². The fourth-order valence-corrected chi connectivity index (χ4v) is 4.01. The average Bonchev–Trinajstić information content (AvgIpc) is 3.31. The lowest BCUT2D eigenvalue weighted by atomic mass is 10.0. The number of hydrogen-bond donors (Lipinski definition) is 0. The molecule has 2 fully saturated rings. The second-order valence-electron chi connectivity index (χ2n) is 7.10. The predicted molar refractivity (Wildman–Crippen MR) is 94.1 cm³/mol. The third-order valence-electron chi connectivity index (χ3n) is 5.58. The Morgan fingerprint density at radius 3 is 2.28 bits per heavy atom. The molecular formula is C19H29N3O3. The van der Waals surface area contributed by atoms with Crippen LogP contribution in [0.1, 0.15) is 56.5 Å². The van der Waals surface area contributed by atoms with Gasteiger partial charge in [-0.25, -0.2) is 0 Å². The number of carbonyl (C=O) groups is 2. The molecule has 6 heteroatoms. The molecule has 0 radical (unpaired) electrons. The Labute approximate surface area is 149 Å². The maximum Gasteiger partial charge on any atom is 0.227 e. The summed E-state index contributed by atoms with van der Waals surface area (Å²) in [4.78, 5) is 29.0. The summed E-state index contributed by atoms with van der Waals surface area (Å²) in [5, 5.41) is 4.08. The Balaban J connectivity index is 1.55. The minimum Gasteiger partial charge on any atom is -0.361 e. The summed E-state index contributed by atoms with van der Waals surface area (Å²) in [6.45, 7) is 6.62. The van der Waals surface area contributed by atoms with Crippen LogP contribution in [0, 0.1) is 5.92 Å². The topological polar surface area (TPSA) is 66.7 Å². The molecule has 1 aliphatic heterocycles. The van der Waals surface area contributed by atoms with Gasteiger partial charge in [-0.3, -0.25) is 9.59 Å². The first-order valence-corrected chi connectivity index (χ1v) is 9.66. The largest absolute Gasteiger partial charge is 0.361 e. The zero-order valence-corrected chi connectivity index (χ0v) is 15.4. The van der Waals surface area contributed by atoms with Crippen molar-refractivity contribution in [1.82, 2.24) is 15.0 Å². The highest BCUT2D eigenvalue weighted by Crippen LogP contribution is 2.27. The molecule has 0 bridgehead atoms. The molecule has 138 valence electrons. The molecule has 3 rings (SSSR count). The van der Waals surface area contributed by atoms with Gasteiger partial charge in [0.05, 0.1) is 12.1 Å². The van der Waals surface area contributed by atoms with Crippen molar-refractivity contribution in [3.8, 4) is 0 Å². The van der Waals surface area contributed by atoms with Crippen molar-refractivity contribution in [3.63, 3.8) is 0 Å². The van der Waals surface area contributed by atoms with Crippen LogP contribution < -0.4 is 0 Å². The maximum absolute atomic E-state index is 12.7. The third-order valence-corrected chi connectivity index (χ3v) is 5.58. The Kier molecular flexibility index (Phi) is 5.76. The first-order valence-electron chi connectivity index (χ1n) is 9.66. The van der Waals surface area contributed by atoms with Gasteiger partial charge in [-0.05, 0) is 19.3 Å². The van der Waals surface area contributed by atoms with E-state index in [0.29, 0.717) is 38.5 Å². The number of carbonyl (C=O) groups excluding carboxylic acids is 2. The van der Waals surface area contributed by atoms with Gasteiger partial charge >= 0.3 is 0 Å². The van der Waals surface area contributed by atoms with Crippen LogP contribution in [0.15, 0.2) is 4.52 Å². The van der Waals surface area contributed by atoms with Crippen molar-refractivity contribution in [2.45, 2.75) is 58.8 Å². The summed E-state index contributed by atoms with van der Waals surface area (Å²) >= 11 is 0. The van der Waals surface area contributed by atoms with Gasteiger partial charge in [0.1, 0.15) is 5.76 Å². The van der Waals surface area contributed by atoms with Gasteiger partial charge in [0.15, 0.2) is 0 Å². The van der Waals surface area contributed by atoms with E-state index in [1.807, 2.05) is 23.6 Å². The molecule has 2 aliphatic rings. The third kappa shape index (κ3) is 3.88. The lowest BCUT2D eigenvalue weighted by Gasteiger charge is -2.36. The zero-order chi connectivity index (χ0) is 17.8. The van der Waals surface area contributed by atoms with Crippen molar-refractivity contribution < 1.29 is 14.1 Å². The summed E-state index contributed by atoms with van der Waals surface area (Å²) in [5.74, 6) is 1.45. The van der Waals surface area contributed by atoms with Crippen molar-refractivity contribution >= 4 is 11.8 Å². The fourth-order valence-electron chi connectivity index (χ4n) is 4.01. The molecule has 6 nitrogen and oxygen atoms in total. The van der Waals surface area contributed by atoms with Crippen LogP contribution in [0.25, 0.3) is 0 Å². The van der Waals surface area contributed by atoms with Crippen molar-refractivity contribution in [2.75, 3.05) is 26.2 Å². The van der Waals surface area contributed by atoms with E-state index >= 15 is 0 Å². The minimum atomic E-state index is 0.112. The molecule has 1 aliphatic carbocycles. The van der Waals surface area contributed by atoms with E-state index in [-0.39, 0.29) is 11.8 Å². The fraction of sp³-hybridized carbons (Fsp3) is 0.737. The summed E-state index contributed by atoms with van der Waals surface area (Å²) in [5.41, 5.74) is 1.85. The van der Waals surface area contributed by atoms with E-state index in [0.717, 1.165) is 42.7 Å². The van der Waals surface area contributed by atoms with Crippen LogP contribution in [0.3, 0.4) is 0 Å². The number of amides is 2. The predicted octanol–water partition coefficient (Wildman–Crippen LogP) is 2.20. The van der Waals surface area contributed by atoms with Gasteiger partial charge in [0, 0.05) is 44.1 Å². The molecule has 0 N–H and O–H groups in total. The van der Waals surface area contributed by atoms with Gasteiger partial charge in [-0.2, -0.15) is 0 Å². The Morgan fingerprint density at radius 2 is 1.68 bits per heavy atom. The molecule has 1 saturated carbocycles. The normalized spacial score (nSPS) is 18.8. The van der Waals surface area contributed by atoms with Gasteiger partial charge in [-0.15, -0.1) is 0 Å². The highest BCUT2D eigenvalue weighted by molar-refractivity contribution is 5.81. The zero-order valence-electron chi connectivity index (χ0n) is 15.4. The number of piperazine rings is 1. The van der Waals surface area contributed by atoms with Crippen LogP contribution in [0.2, 0.25) is 0 Å². The first-order chi connectivity index (χ1) is 12.1. The number of rotatable bonds is 5. The molecule has 0 spiro atoms. The first kappa shape index (κ1) is 18.0. The minimum absolute atomic E-state index is 0.112. The second kappa shape index (κ2) is 8.02. The van der Waals surface area contributed by atoms with Crippen molar-refractivity contribution in [3.05, 3.63) is 17.0 Å². The quantitative estimate of drug-likeness (QED) is 0.819. The molecule has 1 aromatic rings. The molecule has 0 aromatic carbocycles. The van der Waals surface area contributed by atoms with E-state index in [4.69, 9.17) is 4.52 Å². The Bertz CT molecular complexity index is 590. The molecule has 0 atom stereocenters. The van der Waals surface area contributed by atoms with Crippen LogP contribution in [-0.2, 0) is 28.9 Å². The number of nitrogens with zero attached hydrogens (tertiary/aromatic N) is 3. The summed E-state index contributed by atoms with van der Waals surface area (Å²) < 4.78 is 5.36. The molecule has 2 amide bonds. The van der Waals surface area contributed by atoms with E-state index in [2.05, 4.69) is 5.16 Å².